The molecule has 1 rings (SSSR count). The van der Waals surface area contributed by atoms with Crippen LogP contribution >= 0.6 is 0 Å². The van der Waals surface area contributed by atoms with Crippen molar-refractivity contribution in [3.8, 4) is 0 Å². The maximum absolute atomic E-state index is 10.3. The summed E-state index contributed by atoms with van der Waals surface area (Å²) in [4.78, 5) is 40.5. The minimum Gasteiger partial charge on any atom is -0.481 e. The molecule has 0 saturated heterocycles. The molecule has 14 heteroatoms. The van der Waals surface area contributed by atoms with Crippen LogP contribution < -0.4 is 0 Å². The van der Waals surface area contributed by atoms with Gasteiger partial charge in [-0.3, -0.25) is 9.59 Å². The molecule has 0 amide bonds. The Kier molecular flexibility index (Phi) is 26.5. The van der Waals surface area contributed by atoms with E-state index in [1.165, 1.54) is 24.3 Å². The molecule has 0 aliphatic rings. The van der Waals surface area contributed by atoms with Crippen LogP contribution in [-0.4, -0.2) is 116 Å². The minimum absolute atomic E-state index is 0.0278. The SMILES string of the molecule is O=C(O)CCCCC(=O)O.O=C(O)c1ccc(C(=O)O)cc1.OCC(O)CO.OCCOCCO. The Hall–Kier alpha value is -3.14. The van der Waals surface area contributed by atoms with Gasteiger partial charge < -0.3 is 50.7 Å². The molecule has 1 aromatic rings. The highest BCUT2D eigenvalue weighted by atomic mass is 16.5. The van der Waals surface area contributed by atoms with Crippen molar-refractivity contribution < 1.29 is 69.9 Å². The fraction of sp³-hybridized carbons (Fsp3) is 0.524. The molecule has 35 heavy (non-hydrogen) atoms. The monoisotopic (exact) mass is 510 g/mol. The highest BCUT2D eigenvalue weighted by Crippen LogP contribution is 2.03. The van der Waals surface area contributed by atoms with Gasteiger partial charge in [-0.15, -0.1) is 0 Å². The molecule has 14 nitrogen and oxygen atoms in total. The molecular formula is C21H34O14. The fourth-order valence-corrected chi connectivity index (χ4v) is 1.60. The lowest BCUT2D eigenvalue weighted by molar-refractivity contribution is -0.139. The van der Waals surface area contributed by atoms with Crippen LogP contribution in [0.25, 0.3) is 0 Å². The molecule has 0 bridgehead atoms. The van der Waals surface area contributed by atoms with Gasteiger partial charge in [0, 0.05) is 12.8 Å². The van der Waals surface area contributed by atoms with Crippen LogP contribution in [0, 0.1) is 0 Å². The van der Waals surface area contributed by atoms with Gasteiger partial charge >= 0.3 is 23.9 Å². The number of hydrogen-bond donors (Lipinski definition) is 9. The third-order valence-electron chi connectivity index (χ3n) is 3.30. The second-order valence-electron chi connectivity index (χ2n) is 6.26. The van der Waals surface area contributed by atoms with E-state index in [1.54, 1.807) is 0 Å². The van der Waals surface area contributed by atoms with Gasteiger partial charge in [0.1, 0.15) is 6.10 Å². The number of unbranched alkanes of at least 4 members (excludes halogenated alkanes) is 1. The Labute approximate surface area is 201 Å². The number of carbonyl (C=O) groups is 4. The van der Waals surface area contributed by atoms with Crippen molar-refractivity contribution in [2.45, 2.75) is 31.8 Å². The van der Waals surface area contributed by atoms with Crippen LogP contribution in [-0.2, 0) is 14.3 Å². The van der Waals surface area contributed by atoms with Crippen molar-refractivity contribution in [3.63, 3.8) is 0 Å². The molecule has 1 aromatic carbocycles. The van der Waals surface area contributed by atoms with Crippen molar-refractivity contribution in [3.05, 3.63) is 35.4 Å². The number of carboxylic acids is 4. The summed E-state index contributed by atoms with van der Waals surface area (Å²) in [5.74, 6) is -3.87. The molecule has 202 valence electrons. The molecule has 0 radical (unpaired) electrons. The number of carboxylic acid groups (broad SMARTS) is 4. The lowest BCUT2D eigenvalue weighted by Crippen LogP contribution is -2.15. The van der Waals surface area contributed by atoms with E-state index >= 15 is 0 Å². The maximum atomic E-state index is 10.3. The second kappa shape index (κ2) is 25.5. The zero-order chi connectivity index (χ0) is 27.6. The number of aromatic carboxylic acids is 2. The van der Waals surface area contributed by atoms with Crippen LogP contribution in [0.2, 0.25) is 0 Å². The number of benzene rings is 1. The first-order valence-electron chi connectivity index (χ1n) is 10.2. The van der Waals surface area contributed by atoms with Gasteiger partial charge in [-0.05, 0) is 37.1 Å². The van der Waals surface area contributed by atoms with Gasteiger partial charge in [-0.2, -0.15) is 0 Å². The smallest absolute Gasteiger partial charge is 0.335 e. The molecule has 9 N–H and O–H groups in total. The van der Waals surface area contributed by atoms with E-state index < -0.39 is 30.0 Å². The summed E-state index contributed by atoms with van der Waals surface area (Å²) in [7, 11) is 0. The highest BCUT2D eigenvalue weighted by Gasteiger charge is 2.05. The van der Waals surface area contributed by atoms with Crippen LogP contribution in [0.1, 0.15) is 46.4 Å². The van der Waals surface area contributed by atoms with Crippen molar-refractivity contribution in [1.82, 2.24) is 0 Å². The third kappa shape index (κ3) is 28.8. The van der Waals surface area contributed by atoms with E-state index in [0.717, 1.165) is 0 Å². The topological polar surface area (TPSA) is 260 Å². The van der Waals surface area contributed by atoms with Crippen molar-refractivity contribution in [2.75, 3.05) is 39.6 Å². The first-order chi connectivity index (χ1) is 16.5. The average molecular weight is 510 g/mol. The predicted octanol–water partition coefficient (Wildman–Crippen LogP) is -0.881. The lowest BCUT2D eigenvalue weighted by atomic mass is 10.1. The Morgan fingerprint density at radius 1 is 0.657 bits per heavy atom. The number of aliphatic hydroxyl groups excluding tert-OH is 5. The van der Waals surface area contributed by atoms with Gasteiger partial charge in [0.15, 0.2) is 0 Å². The van der Waals surface area contributed by atoms with E-state index in [9.17, 15) is 19.2 Å². The standard InChI is InChI=1S/C8H6O4.C6H10O4.C4H10O3.C3H8O3/c9-7(10)5-1-2-6(4-3-5)8(11)12;7-5(8)3-1-2-4-6(9)10;5-1-3-7-4-2-6;4-1-3(6)2-5/h1-4H,(H,9,10)(H,11,12);1-4H2,(H,7,8)(H,9,10);5-6H,1-4H2;3-6H,1-2H2. The first kappa shape index (κ1) is 36.4. The zero-order valence-corrected chi connectivity index (χ0v) is 19.0. The Bertz CT molecular complexity index is 633. The highest BCUT2D eigenvalue weighted by molar-refractivity contribution is 5.91. The Morgan fingerprint density at radius 2 is 0.971 bits per heavy atom. The number of hydrogen-bond acceptors (Lipinski definition) is 10. The minimum atomic E-state index is -1.06. The molecule has 0 atom stereocenters. The molecule has 0 fully saturated rings. The summed E-state index contributed by atoms with van der Waals surface area (Å²) in [6, 6.07) is 5.02. The van der Waals surface area contributed by atoms with Gasteiger partial charge in [0.05, 0.1) is 50.8 Å². The zero-order valence-electron chi connectivity index (χ0n) is 19.0. The van der Waals surface area contributed by atoms with Crippen LogP contribution in [0.15, 0.2) is 24.3 Å². The first-order valence-corrected chi connectivity index (χ1v) is 10.2. The average Bonchev–Trinajstić information content (AvgIpc) is 2.82. The molecule has 0 unspecified atom stereocenters. The summed E-state index contributed by atoms with van der Waals surface area (Å²) in [5.41, 5.74) is 0.167. The summed E-state index contributed by atoms with van der Waals surface area (Å²) < 4.78 is 4.63. The molecule has 0 aliphatic carbocycles. The summed E-state index contributed by atoms with van der Waals surface area (Å²) in [6.07, 6.45) is 0.0640. The number of aliphatic hydroxyl groups is 5. The summed E-state index contributed by atoms with van der Waals surface area (Å²) in [5, 5.41) is 73.4. The second-order valence-corrected chi connectivity index (χ2v) is 6.26. The molecular weight excluding hydrogens is 476 g/mol. The number of rotatable bonds is 13. The van der Waals surface area contributed by atoms with Gasteiger partial charge in [0.2, 0.25) is 0 Å². The molecule has 0 aromatic heterocycles. The van der Waals surface area contributed by atoms with Crippen molar-refractivity contribution in [2.24, 2.45) is 0 Å². The van der Waals surface area contributed by atoms with Crippen molar-refractivity contribution in [1.29, 1.82) is 0 Å². The van der Waals surface area contributed by atoms with Crippen LogP contribution in [0.5, 0.6) is 0 Å². The van der Waals surface area contributed by atoms with E-state index in [-0.39, 0.29) is 50.4 Å². The van der Waals surface area contributed by atoms with E-state index in [0.29, 0.717) is 26.1 Å². The Balaban J connectivity index is -0.000000406. The predicted molar refractivity (Wildman–Crippen MR) is 119 cm³/mol. The summed E-state index contributed by atoms with van der Waals surface area (Å²) in [6.45, 7) is -0.0336. The summed E-state index contributed by atoms with van der Waals surface area (Å²) >= 11 is 0. The lowest BCUT2D eigenvalue weighted by Gasteiger charge is -1.96. The number of aliphatic carboxylic acids is 2. The van der Waals surface area contributed by atoms with Crippen LogP contribution in [0.3, 0.4) is 0 Å². The van der Waals surface area contributed by atoms with Crippen molar-refractivity contribution >= 4 is 23.9 Å². The molecule has 0 aliphatic heterocycles. The normalized spacial score (nSPS) is 9.43. The third-order valence-corrected chi connectivity index (χ3v) is 3.30. The van der Waals surface area contributed by atoms with Gasteiger partial charge in [-0.1, -0.05) is 0 Å². The van der Waals surface area contributed by atoms with Crippen LogP contribution in [0.4, 0.5) is 0 Å². The van der Waals surface area contributed by atoms with E-state index in [1.807, 2.05) is 0 Å². The maximum Gasteiger partial charge on any atom is 0.335 e. The molecule has 0 heterocycles. The molecule has 0 spiro atoms. The molecule has 0 saturated carbocycles. The Morgan fingerprint density at radius 3 is 1.14 bits per heavy atom. The fourth-order valence-electron chi connectivity index (χ4n) is 1.60. The van der Waals surface area contributed by atoms with E-state index in [4.69, 9.17) is 46.0 Å². The van der Waals surface area contributed by atoms with Gasteiger partial charge in [0.25, 0.3) is 0 Å². The van der Waals surface area contributed by atoms with Gasteiger partial charge in [-0.25, -0.2) is 9.59 Å². The largest absolute Gasteiger partial charge is 0.481 e. The number of ether oxygens (including phenoxy) is 1. The van der Waals surface area contributed by atoms with E-state index in [2.05, 4.69) is 4.74 Å². The quantitative estimate of drug-likeness (QED) is 0.146.